The van der Waals surface area contributed by atoms with Gasteiger partial charge in [-0.2, -0.15) is 0 Å². The molecule has 0 aliphatic carbocycles. The molecule has 0 spiro atoms. The summed E-state index contributed by atoms with van der Waals surface area (Å²) < 4.78 is 4.94. The van der Waals surface area contributed by atoms with Gasteiger partial charge in [0, 0.05) is 53.3 Å². The zero-order valence-corrected chi connectivity index (χ0v) is 24.5. The van der Waals surface area contributed by atoms with Crippen molar-refractivity contribution in [3.05, 3.63) is 152 Å². The third-order valence-corrected chi connectivity index (χ3v) is 9.56. The first-order chi connectivity index (χ1) is 21.8. The first-order valence-corrected chi connectivity index (χ1v) is 15.6. The molecule has 3 nitrogen and oxygen atoms in total. The highest BCUT2D eigenvalue weighted by atomic mass is 32.1. The van der Waals surface area contributed by atoms with E-state index in [4.69, 9.17) is 9.97 Å². The highest BCUT2D eigenvalue weighted by Gasteiger charge is 2.15. The molecule has 0 bridgehead atoms. The number of para-hydroxylation sites is 2. The molecule has 0 saturated carbocycles. The summed E-state index contributed by atoms with van der Waals surface area (Å²) in [5, 5.41) is 5.05. The zero-order valence-electron chi connectivity index (χ0n) is 23.7. The van der Waals surface area contributed by atoms with E-state index in [1.807, 2.05) is 29.5 Å². The largest absolute Gasteiger partial charge is 0.309 e. The minimum atomic E-state index is 0.718. The molecule has 0 fully saturated rings. The van der Waals surface area contributed by atoms with E-state index in [-0.39, 0.29) is 0 Å². The maximum absolute atomic E-state index is 5.13. The van der Waals surface area contributed by atoms with Crippen LogP contribution < -0.4 is 0 Å². The van der Waals surface area contributed by atoms with E-state index in [1.165, 1.54) is 42.0 Å². The third-order valence-electron chi connectivity index (χ3n) is 8.41. The summed E-state index contributed by atoms with van der Waals surface area (Å²) >= 11 is 1.83. The molecule has 9 aromatic rings. The molecule has 0 aliphatic rings. The Morgan fingerprint density at radius 1 is 0.409 bits per heavy atom. The molecule has 0 saturated heterocycles. The van der Waals surface area contributed by atoms with Gasteiger partial charge in [0.2, 0.25) is 0 Å². The lowest BCUT2D eigenvalue weighted by molar-refractivity contribution is 1.16. The Balaban J connectivity index is 1.24. The van der Waals surface area contributed by atoms with Crippen LogP contribution >= 0.6 is 11.3 Å². The van der Waals surface area contributed by atoms with Gasteiger partial charge in [0.05, 0.1) is 22.4 Å². The van der Waals surface area contributed by atoms with Crippen LogP contribution in [0.3, 0.4) is 0 Å². The second-order valence-corrected chi connectivity index (χ2v) is 12.1. The Morgan fingerprint density at radius 3 is 1.75 bits per heavy atom. The molecule has 3 heterocycles. The quantitative estimate of drug-likeness (QED) is 0.208. The highest BCUT2D eigenvalue weighted by Crippen LogP contribution is 2.38. The van der Waals surface area contributed by atoms with Crippen molar-refractivity contribution in [2.45, 2.75) is 0 Å². The fraction of sp³-hybridized carbons (Fsp3) is 0. The normalized spacial score (nSPS) is 11.6. The standard InChI is InChI=1S/C40H25N3S/c1-2-11-26(12-3-1)40-41-34(25-35(42-40)28-21-22-39-33(24-28)32-17-6-9-20-38(32)44-39)27-13-10-14-29(23-27)43-36-18-7-4-15-30(36)31-16-5-8-19-37(31)43/h1-25H. The maximum Gasteiger partial charge on any atom is 0.160 e. The lowest BCUT2D eigenvalue weighted by Crippen LogP contribution is -1.97. The Morgan fingerprint density at radius 2 is 1.00 bits per heavy atom. The average molecular weight is 580 g/mol. The molecule has 44 heavy (non-hydrogen) atoms. The summed E-state index contributed by atoms with van der Waals surface area (Å²) in [6, 6.07) is 53.6. The Bertz CT molecular complexity index is 2450. The second kappa shape index (κ2) is 10.0. The van der Waals surface area contributed by atoms with Crippen LogP contribution in [0, 0.1) is 0 Å². The van der Waals surface area contributed by atoms with Crippen LogP contribution in [0.5, 0.6) is 0 Å². The molecule has 3 aromatic heterocycles. The summed E-state index contributed by atoms with van der Waals surface area (Å²) in [7, 11) is 0. The molecule has 0 aliphatic heterocycles. The summed E-state index contributed by atoms with van der Waals surface area (Å²) in [4.78, 5) is 10.2. The van der Waals surface area contributed by atoms with Crippen molar-refractivity contribution < 1.29 is 0 Å². The van der Waals surface area contributed by atoms with Gasteiger partial charge in [-0.15, -0.1) is 11.3 Å². The van der Waals surface area contributed by atoms with Gasteiger partial charge in [-0.05, 0) is 48.5 Å². The molecule has 0 atom stereocenters. The number of benzene rings is 6. The molecule has 0 N–H and O–H groups in total. The Kier molecular flexibility index (Phi) is 5.68. The van der Waals surface area contributed by atoms with Crippen molar-refractivity contribution in [2.24, 2.45) is 0 Å². The number of rotatable bonds is 4. The van der Waals surface area contributed by atoms with Gasteiger partial charge in [0.25, 0.3) is 0 Å². The van der Waals surface area contributed by atoms with Crippen LogP contribution in [0.1, 0.15) is 0 Å². The van der Waals surface area contributed by atoms with Crippen LogP contribution in [0.4, 0.5) is 0 Å². The van der Waals surface area contributed by atoms with Gasteiger partial charge >= 0.3 is 0 Å². The van der Waals surface area contributed by atoms with E-state index < -0.39 is 0 Å². The van der Waals surface area contributed by atoms with Crippen LogP contribution in [-0.2, 0) is 0 Å². The van der Waals surface area contributed by atoms with Crippen LogP contribution in [-0.4, -0.2) is 14.5 Å². The lowest BCUT2D eigenvalue weighted by Gasteiger charge is -2.12. The van der Waals surface area contributed by atoms with E-state index in [0.717, 1.165) is 39.6 Å². The predicted octanol–water partition coefficient (Wildman–Crippen LogP) is 10.9. The van der Waals surface area contributed by atoms with Crippen LogP contribution in [0.2, 0.25) is 0 Å². The molecule has 0 amide bonds. The van der Waals surface area contributed by atoms with Gasteiger partial charge in [-0.3, -0.25) is 0 Å². The number of fused-ring (bicyclic) bond motifs is 6. The number of hydrogen-bond donors (Lipinski definition) is 0. The van der Waals surface area contributed by atoms with Crippen LogP contribution in [0.15, 0.2) is 152 Å². The molecule has 4 heteroatoms. The van der Waals surface area contributed by atoms with Crippen molar-refractivity contribution in [1.29, 1.82) is 0 Å². The molecule has 0 radical (unpaired) electrons. The van der Waals surface area contributed by atoms with E-state index in [1.54, 1.807) is 0 Å². The first kappa shape index (κ1) is 25.0. The molecular weight excluding hydrogens is 555 g/mol. The smallest absolute Gasteiger partial charge is 0.160 e. The SMILES string of the molecule is c1ccc(-c2nc(-c3cccc(-n4c5ccccc5c5ccccc54)c3)cc(-c3ccc4sc5ccccc5c4c3)n2)cc1. The van der Waals surface area contributed by atoms with E-state index >= 15 is 0 Å². The van der Waals surface area contributed by atoms with E-state index in [0.29, 0.717) is 0 Å². The van der Waals surface area contributed by atoms with Crippen molar-refractivity contribution >= 4 is 53.3 Å². The fourth-order valence-electron chi connectivity index (χ4n) is 6.35. The van der Waals surface area contributed by atoms with Crippen molar-refractivity contribution in [1.82, 2.24) is 14.5 Å². The van der Waals surface area contributed by atoms with Crippen LogP contribution in [0.25, 0.3) is 81.6 Å². The first-order valence-electron chi connectivity index (χ1n) is 14.8. The fourth-order valence-corrected chi connectivity index (χ4v) is 7.44. The predicted molar refractivity (Wildman–Crippen MR) is 186 cm³/mol. The number of hydrogen-bond acceptors (Lipinski definition) is 3. The monoisotopic (exact) mass is 579 g/mol. The topological polar surface area (TPSA) is 30.7 Å². The van der Waals surface area contributed by atoms with Gasteiger partial charge < -0.3 is 4.57 Å². The summed E-state index contributed by atoms with van der Waals surface area (Å²) in [5.41, 5.74) is 8.42. The molecule has 206 valence electrons. The minimum absolute atomic E-state index is 0.718. The number of nitrogens with zero attached hydrogens (tertiary/aromatic N) is 3. The summed E-state index contributed by atoms with van der Waals surface area (Å²) in [6.07, 6.45) is 0. The number of aromatic nitrogens is 3. The highest BCUT2D eigenvalue weighted by molar-refractivity contribution is 7.25. The second-order valence-electron chi connectivity index (χ2n) is 11.1. The van der Waals surface area contributed by atoms with E-state index in [9.17, 15) is 0 Å². The maximum atomic E-state index is 5.13. The number of thiophene rings is 1. The zero-order chi connectivity index (χ0) is 29.0. The molecule has 0 unspecified atom stereocenters. The Hall–Kier alpha value is -5.58. The van der Waals surface area contributed by atoms with Gasteiger partial charge in [-0.1, -0.05) is 103 Å². The van der Waals surface area contributed by atoms with Gasteiger partial charge in [0.1, 0.15) is 0 Å². The van der Waals surface area contributed by atoms with Crippen molar-refractivity contribution in [3.8, 4) is 39.6 Å². The Labute approximate surface area is 258 Å². The van der Waals surface area contributed by atoms with Gasteiger partial charge in [-0.25, -0.2) is 9.97 Å². The van der Waals surface area contributed by atoms with Gasteiger partial charge in [0.15, 0.2) is 5.82 Å². The molecular formula is C40H25N3S. The molecule has 6 aromatic carbocycles. The lowest BCUT2D eigenvalue weighted by atomic mass is 10.0. The minimum Gasteiger partial charge on any atom is -0.309 e. The van der Waals surface area contributed by atoms with Crippen molar-refractivity contribution in [3.63, 3.8) is 0 Å². The average Bonchev–Trinajstić information content (AvgIpc) is 3.64. The van der Waals surface area contributed by atoms with Crippen molar-refractivity contribution in [2.75, 3.05) is 0 Å². The summed E-state index contributed by atoms with van der Waals surface area (Å²) in [5.74, 6) is 0.718. The third kappa shape index (κ3) is 4.03. The molecule has 9 rings (SSSR count). The summed E-state index contributed by atoms with van der Waals surface area (Å²) in [6.45, 7) is 0. The van der Waals surface area contributed by atoms with E-state index in [2.05, 4.69) is 138 Å².